The Labute approximate surface area is 128 Å². The number of amides is 1. The molecule has 2 rings (SSSR count). The molecule has 0 saturated carbocycles. The lowest BCUT2D eigenvalue weighted by atomic mass is 10.3. The Morgan fingerprint density at radius 2 is 2.05 bits per heavy atom. The average molecular weight is 308 g/mol. The van der Waals surface area contributed by atoms with Crippen molar-refractivity contribution in [1.82, 2.24) is 9.47 Å². The van der Waals surface area contributed by atoms with E-state index < -0.39 is 0 Å². The number of carbonyl (C=O) groups is 1. The zero-order valence-corrected chi connectivity index (χ0v) is 12.8. The predicted molar refractivity (Wildman–Crippen MR) is 83.7 cm³/mol. The molecule has 0 spiro atoms. The summed E-state index contributed by atoms with van der Waals surface area (Å²) in [5.41, 5.74) is 6.81. The molecule has 1 amide bonds. The minimum atomic E-state index is -0.0890. The Bertz CT molecular complexity index is 622. The predicted octanol–water partition coefficient (Wildman–Crippen LogP) is 2.41. The minimum Gasteiger partial charge on any atom is -0.492 e. The quantitative estimate of drug-likeness (QED) is 0.923. The Kier molecular flexibility index (Phi) is 4.75. The number of ether oxygens (including phenoxy) is 1. The summed E-state index contributed by atoms with van der Waals surface area (Å²) in [6.07, 6.45) is 1.71. The maximum Gasteiger partial charge on any atom is 0.270 e. The number of rotatable bonds is 5. The minimum absolute atomic E-state index is 0.0890. The molecule has 0 aliphatic heterocycles. The van der Waals surface area contributed by atoms with E-state index >= 15 is 0 Å². The largest absolute Gasteiger partial charge is 0.492 e. The molecule has 0 aliphatic rings. The van der Waals surface area contributed by atoms with Gasteiger partial charge < -0.3 is 19.9 Å². The summed E-state index contributed by atoms with van der Waals surface area (Å²) < 4.78 is 7.29. The van der Waals surface area contributed by atoms with Gasteiger partial charge in [0.15, 0.2) is 0 Å². The van der Waals surface area contributed by atoms with E-state index in [2.05, 4.69) is 0 Å². The number of hydrogen-bond donors (Lipinski definition) is 1. The summed E-state index contributed by atoms with van der Waals surface area (Å²) in [5, 5.41) is 0.663. The molecule has 0 aliphatic carbocycles. The van der Waals surface area contributed by atoms with E-state index in [1.165, 1.54) is 0 Å². The van der Waals surface area contributed by atoms with Gasteiger partial charge in [-0.25, -0.2) is 0 Å². The van der Waals surface area contributed by atoms with Crippen LogP contribution in [-0.2, 0) is 7.05 Å². The van der Waals surface area contributed by atoms with Crippen LogP contribution in [0.3, 0.4) is 0 Å². The first-order valence-corrected chi connectivity index (χ1v) is 6.91. The first kappa shape index (κ1) is 15.3. The van der Waals surface area contributed by atoms with Crippen LogP contribution in [0.1, 0.15) is 10.5 Å². The van der Waals surface area contributed by atoms with Crippen molar-refractivity contribution < 1.29 is 9.53 Å². The molecule has 21 heavy (non-hydrogen) atoms. The second-order valence-electron chi connectivity index (χ2n) is 4.80. The van der Waals surface area contributed by atoms with E-state index in [1.807, 2.05) is 0 Å². The van der Waals surface area contributed by atoms with E-state index in [0.29, 0.717) is 29.6 Å². The standard InChI is InChI=1S/C15H18ClN3O2/c1-18(15(20)14-9-12(17)10-19(14)2)7-8-21-13-5-3-11(16)4-6-13/h3-6,9-10H,7-8,17H2,1-2H3. The van der Waals surface area contributed by atoms with Crippen LogP contribution in [0.15, 0.2) is 36.5 Å². The van der Waals surface area contributed by atoms with Crippen LogP contribution in [0, 0.1) is 0 Å². The highest BCUT2D eigenvalue weighted by molar-refractivity contribution is 6.30. The topological polar surface area (TPSA) is 60.5 Å². The summed E-state index contributed by atoms with van der Waals surface area (Å²) in [5.74, 6) is 0.636. The maximum absolute atomic E-state index is 12.2. The second kappa shape index (κ2) is 6.54. The Morgan fingerprint density at radius 1 is 1.38 bits per heavy atom. The van der Waals surface area contributed by atoms with Crippen molar-refractivity contribution in [3.05, 3.63) is 47.2 Å². The van der Waals surface area contributed by atoms with Crippen LogP contribution < -0.4 is 10.5 Å². The van der Waals surface area contributed by atoms with Gasteiger partial charge in [-0.3, -0.25) is 4.79 Å². The van der Waals surface area contributed by atoms with Gasteiger partial charge in [-0.15, -0.1) is 0 Å². The fourth-order valence-corrected chi connectivity index (χ4v) is 2.06. The molecule has 1 aromatic heterocycles. The number of nitrogen functional groups attached to an aromatic ring is 1. The van der Waals surface area contributed by atoms with E-state index in [9.17, 15) is 4.79 Å². The third-order valence-corrected chi connectivity index (χ3v) is 3.35. The van der Waals surface area contributed by atoms with Crippen LogP contribution in [0.2, 0.25) is 5.02 Å². The van der Waals surface area contributed by atoms with Crippen LogP contribution in [0.25, 0.3) is 0 Å². The van der Waals surface area contributed by atoms with Crippen LogP contribution in [0.4, 0.5) is 5.69 Å². The molecule has 112 valence electrons. The number of nitrogens with zero attached hydrogens (tertiary/aromatic N) is 2. The SMILES string of the molecule is CN(CCOc1ccc(Cl)cc1)C(=O)c1cc(N)cn1C. The normalized spacial score (nSPS) is 10.4. The molecule has 0 fully saturated rings. The highest BCUT2D eigenvalue weighted by Gasteiger charge is 2.15. The third-order valence-electron chi connectivity index (χ3n) is 3.10. The lowest BCUT2D eigenvalue weighted by molar-refractivity contribution is 0.0764. The number of aromatic nitrogens is 1. The molecule has 0 atom stereocenters. The number of anilines is 1. The van der Waals surface area contributed by atoms with Gasteiger partial charge in [0.1, 0.15) is 18.1 Å². The van der Waals surface area contributed by atoms with Gasteiger partial charge in [0, 0.05) is 25.3 Å². The van der Waals surface area contributed by atoms with Gasteiger partial charge >= 0.3 is 0 Å². The zero-order valence-electron chi connectivity index (χ0n) is 12.0. The molecule has 0 saturated heterocycles. The summed E-state index contributed by atoms with van der Waals surface area (Å²) in [4.78, 5) is 13.8. The molecule has 0 unspecified atom stereocenters. The molecule has 1 heterocycles. The first-order chi connectivity index (χ1) is 9.97. The molecule has 1 aromatic carbocycles. The summed E-state index contributed by atoms with van der Waals surface area (Å²) in [7, 11) is 3.53. The van der Waals surface area contributed by atoms with E-state index in [1.54, 1.807) is 60.1 Å². The number of hydrogen-bond acceptors (Lipinski definition) is 3. The molecule has 5 nitrogen and oxygen atoms in total. The van der Waals surface area contributed by atoms with Crippen LogP contribution >= 0.6 is 11.6 Å². The van der Waals surface area contributed by atoms with Crippen molar-refractivity contribution in [3.8, 4) is 5.75 Å². The summed E-state index contributed by atoms with van der Waals surface area (Å²) in [6.45, 7) is 0.885. The van der Waals surface area contributed by atoms with Crippen molar-refractivity contribution in [2.24, 2.45) is 7.05 Å². The Morgan fingerprint density at radius 3 is 2.62 bits per heavy atom. The highest BCUT2D eigenvalue weighted by atomic mass is 35.5. The monoisotopic (exact) mass is 307 g/mol. The Hall–Kier alpha value is -2.14. The third kappa shape index (κ3) is 3.92. The van der Waals surface area contributed by atoms with Crippen molar-refractivity contribution in [2.75, 3.05) is 25.9 Å². The second-order valence-corrected chi connectivity index (χ2v) is 5.24. The lowest BCUT2D eigenvalue weighted by Crippen LogP contribution is -2.32. The maximum atomic E-state index is 12.2. The molecule has 6 heteroatoms. The number of aryl methyl sites for hydroxylation is 1. The number of nitrogens with two attached hydrogens (primary N) is 1. The van der Waals surface area contributed by atoms with Crippen molar-refractivity contribution in [2.45, 2.75) is 0 Å². The smallest absolute Gasteiger partial charge is 0.270 e. The van der Waals surface area contributed by atoms with Gasteiger partial charge in [0.2, 0.25) is 0 Å². The molecule has 2 N–H and O–H groups in total. The number of halogens is 1. The fourth-order valence-electron chi connectivity index (χ4n) is 1.93. The molecular weight excluding hydrogens is 290 g/mol. The number of likely N-dealkylation sites (N-methyl/N-ethyl adjacent to an activating group) is 1. The number of carbonyl (C=O) groups excluding carboxylic acids is 1. The van der Waals surface area contributed by atoms with Gasteiger partial charge in [0.05, 0.1) is 12.2 Å². The van der Waals surface area contributed by atoms with E-state index in [-0.39, 0.29) is 5.91 Å². The average Bonchev–Trinajstić information content (AvgIpc) is 2.79. The van der Waals surface area contributed by atoms with Gasteiger partial charge in [-0.1, -0.05) is 11.6 Å². The van der Waals surface area contributed by atoms with E-state index in [4.69, 9.17) is 22.1 Å². The Balaban J connectivity index is 1.87. The summed E-state index contributed by atoms with van der Waals surface area (Å²) in [6, 6.07) is 8.78. The van der Waals surface area contributed by atoms with Crippen LogP contribution in [0.5, 0.6) is 5.75 Å². The molecule has 2 aromatic rings. The zero-order chi connectivity index (χ0) is 15.4. The van der Waals surface area contributed by atoms with Crippen molar-refractivity contribution in [1.29, 1.82) is 0 Å². The van der Waals surface area contributed by atoms with Crippen molar-refractivity contribution in [3.63, 3.8) is 0 Å². The lowest BCUT2D eigenvalue weighted by Gasteiger charge is -2.17. The number of benzene rings is 1. The highest BCUT2D eigenvalue weighted by Crippen LogP contribution is 2.15. The first-order valence-electron chi connectivity index (χ1n) is 6.53. The van der Waals surface area contributed by atoms with E-state index in [0.717, 1.165) is 5.75 Å². The molecule has 0 radical (unpaired) electrons. The summed E-state index contributed by atoms with van der Waals surface area (Å²) >= 11 is 5.80. The molecular formula is C15H18ClN3O2. The van der Waals surface area contributed by atoms with Gasteiger partial charge in [0.25, 0.3) is 5.91 Å². The van der Waals surface area contributed by atoms with Crippen LogP contribution in [-0.4, -0.2) is 35.6 Å². The van der Waals surface area contributed by atoms with Gasteiger partial charge in [-0.05, 0) is 30.3 Å². The van der Waals surface area contributed by atoms with Crippen molar-refractivity contribution >= 4 is 23.2 Å². The fraction of sp³-hybridized carbons (Fsp3) is 0.267. The molecule has 0 bridgehead atoms. The van der Waals surface area contributed by atoms with Gasteiger partial charge in [-0.2, -0.15) is 0 Å².